The normalized spacial score (nSPS) is 37.5. The molecule has 0 aromatic rings. The summed E-state index contributed by atoms with van der Waals surface area (Å²) in [6.07, 6.45) is 9.84. The molecule has 0 radical (unpaired) electrons. The van der Waals surface area contributed by atoms with Gasteiger partial charge in [-0.05, 0) is 26.2 Å². The SMILES string of the molecule is CC1=C(\C)C(C)C/C=C/C=C\1. The minimum atomic E-state index is 0.705. The Hall–Kier alpha value is -0.780. The van der Waals surface area contributed by atoms with Crippen molar-refractivity contribution in [1.82, 2.24) is 0 Å². The van der Waals surface area contributed by atoms with Crippen LogP contribution in [0.4, 0.5) is 0 Å². The molecule has 0 saturated carbocycles. The van der Waals surface area contributed by atoms with Crippen LogP contribution in [0, 0.1) is 5.92 Å². The van der Waals surface area contributed by atoms with Crippen LogP contribution in [0.25, 0.3) is 0 Å². The molecule has 1 aliphatic carbocycles. The molecule has 1 aliphatic rings. The third kappa shape index (κ3) is 2.07. The van der Waals surface area contributed by atoms with Crippen molar-refractivity contribution in [2.45, 2.75) is 27.2 Å². The first kappa shape index (κ1) is 8.32. The van der Waals surface area contributed by atoms with Gasteiger partial charge in [-0.2, -0.15) is 0 Å². The lowest BCUT2D eigenvalue weighted by molar-refractivity contribution is 0.687. The highest BCUT2D eigenvalue weighted by molar-refractivity contribution is 5.28. The number of hydrogen-bond donors (Lipinski definition) is 0. The fourth-order valence-corrected chi connectivity index (χ4v) is 1.26. The van der Waals surface area contributed by atoms with E-state index in [9.17, 15) is 0 Å². The molecule has 1 unspecified atom stereocenters. The first-order valence-corrected chi connectivity index (χ1v) is 4.22. The molecule has 11 heavy (non-hydrogen) atoms. The Labute approximate surface area is 69.3 Å². The summed E-state index contributed by atoms with van der Waals surface area (Å²) in [6.45, 7) is 6.69. The summed E-state index contributed by atoms with van der Waals surface area (Å²) in [4.78, 5) is 0. The molecular weight excluding hydrogens is 132 g/mol. The smallest absolute Gasteiger partial charge is 0.0194 e. The molecule has 0 amide bonds. The van der Waals surface area contributed by atoms with E-state index >= 15 is 0 Å². The van der Waals surface area contributed by atoms with Gasteiger partial charge in [0.15, 0.2) is 0 Å². The maximum atomic E-state index is 2.28. The highest BCUT2D eigenvalue weighted by Gasteiger charge is 2.04. The van der Waals surface area contributed by atoms with E-state index < -0.39 is 0 Å². The number of allylic oxidation sites excluding steroid dienone is 6. The maximum absolute atomic E-state index is 2.28. The van der Waals surface area contributed by atoms with E-state index in [1.54, 1.807) is 0 Å². The van der Waals surface area contributed by atoms with Crippen molar-refractivity contribution >= 4 is 0 Å². The van der Waals surface area contributed by atoms with Crippen molar-refractivity contribution in [3.63, 3.8) is 0 Å². The predicted molar refractivity (Wildman–Crippen MR) is 50.4 cm³/mol. The molecule has 0 aromatic heterocycles. The minimum Gasteiger partial charge on any atom is -0.0840 e. The lowest BCUT2D eigenvalue weighted by Gasteiger charge is -2.13. The minimum absolute atomic E-state index is 0.705. The summed E-state index contributed by atoms with van der Waals surface area (Å²) in [7, 11) is 0. The van der Waals surface area contributed by atoms with Gasteiger partial charge in [-0.3, -0.25) is 0 Å². The second-order valence-corrected chi connectivity index (χ2v) is 3.29. The highest BCUT2D eigenvalue weighted by Crippen LogP contribution is 2.20. The van der Waals surface area contributed by atoms with E-state index in [-0.39, 0.29) is 0 Å². The van der Waals surface area contributed by atoms with Gasteiger partial charge >= 0.3 is 0 Å². The van der Waals surface area contributed by atoms with Crippen LogP contribution in [0.3, 0.4) is 0 Å². The van der Waals surface area contributed by atoms with Gasteiger partial charge < -0.3 is 0 Å². The summed E-state index contributed by atoms with van der Waals surface area (Å²) >= 11 is 0. The van der Waals surface area contributed by atoms with E-state index in [1.807, 2.05) is 0 Å². The van der Waals surface area contributed by atoms with Crippen LogP contribution >= 0.6 is 0 Å². The Morgan fingerprint density at radius 2 is 2.00 bits per heavy atom. The fraction of sp³-hybridized carbons (Fsp3) is 0.455. The van der Waals surface area contributed by atoms with Crippen molar-refractivity contribution < 1.29 is 0 Å². The van der Waals surface area contributed by atoms with E-state index in [2.05, 4.69) is 45.1 Å². The largest absolute Gasteiger partial charge is 0.0840 e. The van der Waals surface area contributed by atoms with Crippen molar-refractivity contribution in [3.05, 3.63) is 35.5 Å². The standard InChI is InChI=1S/C11H16/c1-9-7-5-4-6-8-10(2)11(9)3/h4-7,10H,8H2,1-3H3/b6-4+,7-5-,11-9-. The Kier molecular flexibility index (Phi) is 2.70. The van der Waals surface area contributed by atoms with Gasteiger partial charge in [0.05, 0.1) is 0 Å². The summed E-state index contributed by atoms with van der Waals surface area (Å²) in [5.74, 6) is 0.705. The van der Waals surface area contributed by atoms with Gasteiger partial charge in [0, 0.05) is 0 Å². The second-order valence-electron chi connectivity index (χ2n) is 3.29. The molecule has 60 valence electrons. The first-order chi connectivity index (χ1) is 5.22. The second kappa shape index (κ2) is 3.56. The summed E-state index contributed by atoms with van der Waals surface area (Å²) in [5.41, 5.74) is 2.94. The molecule has 0 saturated heterocycles. The molecule has 0 N–H and O–H groups in total. The highest BCUT2D eigenvalue weighted by atomic mass is 14.1. The van der Waals surface area contributed by atoms with E-state index in [0.29, 0.717) is 5.92 Å². The monoisotopic (exact) mass is 148 g/mol. The molecule has 0 heterocycles. The molecule has 0 fully saturated rings. The summed E-state index contributed by atoms with van der Waals surface area (Å²) in [6, 6.07) is 0. The Morgan fingerprint density at radius 3 is 2.73 bits per heavy atom. The van der Waals surface area contributed by atoms with Crippen LogP contribution in [0.1, 0.15) is 27.2 Å². The van der Waals surface area contributed by atoms with E-state index in [4.69, 9.17) is 0 Å². The van der Waals surface area contributed by atoms with Crippen LogP contribution in [0.2, 0.25) is 0 Å². The van der Waals surface area contributed by atoms with Crippen molar-refractivity contribution in [2.24, 2.45) is 5.92 Å². The lowest BCUT2D eigenvalue weighted by Crippen LogP contribution is -1.97. The Balaban J connectivity index is 2.91. The van der Waals surface area contributed by atoms with Crippen molar-refractivity contribution in [2.75, 3.05) is 0 Å². The van der Waals surface area contributed by atoms with Gasteiger partial charge in [-0.1, -0.05) is 42.4 Å². The number of hydrogen-bond acceptors (Lipinski definition) is 0. The molecule has 1 rings (SSSR count). The van der Waals surface area contributed by atoms with Crippen molar-refractivity contribution in [3.8, 4) is 0 Å². The topological polar surface area (TPSA) is 0 Å². The first-order valence-electron chi connectivity index (χ1n) is 4.22. The van der Waals surface area contributed by atoms with Crippen LogP contribution in [0.15, 0.2) is 35.5 Å². The molecule has 0 nitrogen and oxygen atoms in total. The van der Waals surface area contributed by atoms with Crippen LogP contribution in [-0.2, 0) is 0 Å². The molecule has 1 atom stereocenters. The summed E-state index contributed by atoms with van der Waals surface area (Å²) < 4.78 is 0. The fourth-order valence-electron chi connectivity index (χ4n) is 1.26. The zero-order valence-electron chi connectivity index (χ0n) is 7.59. The Bertz CT molecular complexity index is 216. The van der Waals surface area contributed by atoms with Crippen LogP contribution in [0.5, 0.6) is 0 Å². The average Bonchev–Trinajstić information content (AvgIpc) is 2.00. The van der Waals surface area contributed by atoms with Gasteiger partial charge in [-0.25, -0.2) is 0 Å². The maximum Gasteiger partial charge on any atom is -0.0194 e. The van der Waals surface area contributed by atoms with Crippen LogP contribution in [-0.4, -0.2) is 0 Å². The molecule has 0 heteroatoms. The van der Waals surface area contributed by atoms with E-state index in [0.717, 1.165) is 0 Å². The third-order valence-electron chi connectivity index (χ3n) is 2.44. The van der Waals surface area contributed by atoms with Gasteiger partial charge in [0.1, 0.15) is 0 Å². The predicted octanol–water partition coefficient (Wildman–Crippen LogP) is 3.48. The molecule has 0 bridgehead atoms. The summed E-state index contributed by atoms with van der Waals surface area (Å²) in [5, 5.41) is 0. The Morgan fingerprint density at radius 1 is 1.27 bits per heavy atom. The van der Waals surface area contributed by atoms with Crippen LogP contribution < -0.4 is 0 Å². The third-order valence-corrected chi connectivity index (χ3v) is 2.44. The van der Waals surface area contributed by atoms with Gasteiger partial charge in [0.2, 0.25) is 0 Å². The lowest BCUT2D eigenvalue weighted by atomic mass is 9.93. The van der Waals surface area contributed by atoms with Gasteiger partial charge in [-0.15, -0.1) is 0 Å². The number of rotatable bonds is 0. The molecule has 0 aromatic carbocycles. The molecule has 0 aliphatic heterocycles. The zero-order valence-corrected chi connectivity index (χ0v) is 7.59. The molecular formula is C11H16. The quantitative estimate of drug-likeness (QED) is 0.493. The van der Waals surface area contributed by atoms with Gasteiger partial charge in [0.25, 0.3) is 0 Å². The van der Waals surface area contributed by atoms with E-state index in [1.165, 1.54) is 17.6 Å². The molecule has 0 spiro atoms. The van der Waals surface area contributed by atoms with Crippen molar-refractivity contribution in [1.29, 1.82) is 0 Å². The average molecular weight is 148 g/mol. The zero-order chi connectivity index (χ0) is 8.27.